The van der Waals surface area contributed by atoms with E-state index in [0.29, 0.717) is 23.5 Å². The molecule has 1 fully saturated rings. The number of carbonyl (C=O) groups is 1. The van der Waals surface area contributed by atoms with Crippen LogP contribution < -0.4 is 0 Å². The fourth-order valence-corrected chi connectivity index (χ4v) is 3.01. The molecule has 0 radical (unpaired) electrons. The highest BCUT2D eigenvalue weighted by Crippen LogP contribution is 2.31. The molecule has 0 spiro atoms. The molecule has 0 amide bonds. The van der Waals surface area contributed by atoms with Crippen molar-refractivity contribution in [2.75, 3.05) is 19.6 Å². The van der Waals surface area contributed by atoms with Gasteiger partial charge in [0.2, 0.25) is 0 Å². The highest BCUT2D eigenvalue weighted by atomic mass is 16.1. The first-order valence-corrected chi connectivity index (χ1v) is 7.33. The van der Waals surface area contributed by atoms with E-state index in [1.165, 1.54) is 19.3 Å². The zero-order valence-electron chi connectivity index (χ0n) is 12.0. The van der Waals surface area contributed by atoms with E-state index in [-0.39, 0.29) is 0 Å². The number of ketones is 1. The summed E-state index contributed by atoms with van der Waals surface area (Å²) in [4.78, 5) is 14.6. The third-order valence-corrected chi connectivity index (χ3v) is 4.15. The summed E-state index contributed by atoms with van der Waals surface area (Å²) in [5, 5.41) is 0. The highest BCUT2D eigenvalue weighted by molar-refractivity contribution is 5.82. The van der Waals surface area contributed by atoms with Crippen molar-refractivity contribution in [3.63, 3.8) is 0 Å². The molecule has 0 aromatic rings. The van der Waals surface area contributed by atoms with E-state index in [9.17, 15) is 4.79 Å². The molecule has 0 bridgehead atoms. The van der Waals surface area contributed by atoms with Crippen LogP contribution in [0.5, 0.6) is 0 Å². The van der Waals surface area contributed by atoms with Gasteiger partial charge in [-0.05, 0) is 37.8 Å². The Morgan fingerprint density at radius 1 is 1.29 bits per heavy atom. The first kappa shape index (κ1) is 14.7. The van der Waals surface area contributed by atoms with Gasteiger partial charge in [0.15, 0.2) is 0 Å². The molecule has 0 aromatic carbocycles. The molecule has 1 rings (SSSR count). The van der Waals surface area contributed by atoms with Crippen molar-refractivity contribution < 1.29 is 4.79 Å². The van der Waals surface area contributed by atoms with Gasteiger partial charge in [0.05, 0.1) is 0 Å². The number of rotatable bonds is 6. The molecule has 100 valence electrons. The third kappa shape index (κ3) is 4.42. The van der Waals surface area contributed by atoms with Crippen molar-refractivity contribution in [3.8, 4) is 0 Å². The maximum absolute atomic E-state index is 12.1. The topological polar surface area (TPSA) is 20.3 Å². The first-order chi connectivity index (χ1) is 8.08. The number of carbonyl (C=O) groups excluding carboxylic acids is 1. The average Bonchev–Trinajstić information content (AvgIpc) is 2.27. The van der Waals surface area contributed by atoms with Gasteiger partial charge in [-0.15, -0.1) is 0 Å². The van der Waals surface area contributed by atoms with Crippen LogP contribution in [0.2, 0.25) is 0 Å². The number of hydrogen-bond acceptors (Lipinski definition) is 2. The molecule has 0 aliphatic heterocycles. The molecule has 2 heteroatoms. The van der Waals surface area contributed by atoms with Gasteiger partial charge in [-0.2, -0.15) is 0 Å². The Bertz CT molecular complexity index is 239. The molecule has 1 saturated carbocycles. The minimum atomic E-state index is 0.294. The minimum Gasteiger partial charge on any atom is -0.303 e. The Kier molecular flexibility index (Phi) is 6.18. The van der Waals surface area contributed by atoms with Crippen LogP contribution in [0.3, 0.4) is 0 Å². The van der Waals surface area contributed by atoms with Gasteiger partial charge in [-0.1, -0.05) is 34.1 Å². The molecule has 17 heavy (non-hydrogen) atoms. The second-order valence-corrected chi connectivity index (χ2v) is 5.84. The van der Waals surface area contributed by atoms with Gasteiger partial charge in [-0.25, -0.2) is 0 Å². The minimum absolute atomic E-state index is 0.294. The highest BCUT2D eigenvalue weighted by Gasteiger charge is 2.33. The summed E-state index contributed by atoms with van der Waals surface area (Å²) in [5.74, 6) is 1.97. The van der Waals surface area contributed by atoms with E-state index in [4.69, 9.17) is 0 Å². The van der Waals surface area contributed by atoms with E-state index in [2.05, 4.69) is 32.6 Å². The van der Waals surface area contributed by atoms with Crippen molar-refractivity contribution in [1.29, 1.82) is 0 Å². The van der Waals surface area contributed by atoms with E-state index < -0.39 is 0 Å². The Morgan fingerprint density at radius 2 is 2.00 bits per heavy atom. The monoisotopic (exact) mass is 239 g/mol. The molecule has 0 N–H and O–H groups in total. The van der Waals surface area contributed by atoms with Crippen LogP contribution >= 0.6 is 0 Å². The largest absolute Gasteiger partial charge is 0.303 e. The van der Waals surface area contributed by atoms with E-state index in [0.717, 1.165) is 26.1 Å². The number of nitrogens with zero attached hydrogens (tertiary/aromatic N) is 1. The number of unbranched alkanes of at least 4 members (excludes halogenated alkanes) is 1. The normalized spacial score (nSPS) is 29.9. The molecule has 2 nitrogen and oxygen atoms in total. The van der Waals surface area contributed by atoms with Crippen LogP contribution in [0, 0.1) is 17.8 Å². The third-order valence-electron chi connectivity index (χ3n) is 4.15. The molecular weight excluding hydrogens is 210 g/mol. The fourth-order valence-electron chi connectivity index (χ4n) is 3.01. The second-order valence-electron chi connectivity index (χ2n) is 5.84. The van der Waals surface area contributed by atoms with Gasteiger partial charge in [0.25, 0.3) is 0 Å². The summed E-state index contributed by atoms with van der Waals surface area (Å²) in [5.41, 5.74) is 0. The zero-order valence-corrected chi connectivity index (χ0v) is 12.0. The van der Waals surface area contributed by atoms with Gasteiger partial charge < -0.3 is 4.90 Å². The lowest BCUT2D eigenvalue weighted by Crippen LogP contribution is -2.40. The zero-order chi connectivity index (χ0) is 12.8. The van der Waals surface area contributed by atoms with Crippen LogP contribution in [0.15, 0.2) is 0 Å². The van der Waals surface area contributed by atoms with Gasteiger partial charge >= 0.3 is 0 Å². The number of hydrogen-bond donors (Lipinski definition) is 0. The van der Waals surface area contributed by atoms with E-state index in [1.54, 1.807) is 0 Å². The van der Waals surface area contributed by atoms with Crippen molar-refractivity contribution in [1.82, 2.24) is 4.90 Å². The van der Waals surface area contributed by atoms with Gasteiger partial charge in [0, 0.05) is 18.9 Å². The predicted molar refractivity (Wildman–Crippen MR) is 73.1 cm³/mol. The lowest BCUT2D eigenvalue weighted by Gasteiger charge is -2.34. The lowest BCUT2D eigenvalue weighted by atomic mass is 9.74. The fraction of sp³-hybridized carbons (Fsp3) is 0.933. The van der Waals surface area contributed by atoms with Crippen molar-refractivity contribution in [2.45, 2.75) is 53.4 Å². The van der Waals surface area contributed by atoms with Crippen molar-refractivity contribution in [2.24, 2.45) is 17.8 Å². The summed E-state index contributed by atoms with van der Waals surface area (Å²) < 4.78 is 0. The maximum atomic E-state index is 12.1. The van der Waals surface area contributed by atoms with Gasteiger partial charge in [0.1, 0.15) is 5.78 Å². The van der Waals surface area contributed by atoms with Crippen molar-refractivity contribution >= 4 is 5.78 Å². The van der Waals surface area contributed by atoms with Crippen LogP contribution in [0.4, 0.5) is 0 Å². The maximum Gasteiger partial charge on any atom is 0.137 e. The Labute approximate surface area is 107 Å². The molecule has 0 heterocycles. The van der Waals surface area contributed by atoms with E-state index >= 15 is 0 Å². The Hall–Kier alpha value is -0.370. The van der Waals surface area contributed by atoms with Crippen LogP contribution in [0.25, 0.3) is 0 Å². The smallest absolute Gasteiger partial charge is 0.137 e. The number of Topliss-reactive ketones (excluding diaryl/α,β-unsaturated/α-hetero) is 1. The molecule has 1 aliphatic carbocycles. The predicted octanol–water partition coefficient (Wildman–Crippen LogP) is 3.36. The standard InChI is InChI=1S/C15H29NO/c1-5-7-8-16(6-2)11-14-13(4)9-12(3)10-15(14)17/h12-14H,5-11H2,1-4H3. The van der Waals surface area contributed by atoms with E-state index in [1.807, 2.05) is 0 Å². The van der Waals surface area contributed by atoms with Crippen LogP contribution in [0.1, 0.15) is 53.4 Å². The summed E-state index contributed by atoms with van der Waals surface area (Å²) in [6.07, 6.45) is 4.52. The molecular formula is C15H29NO. The molecule has 3 unspecified atom stereocenters. The summed E-state index contributed by atoms with van der Waals surface area (Å²) >= 11 is 0. The van der Waals surface area contributed by atoms with Crippen LogP contribution in [-0.2, 0) is 4.79 Å². The Balaban J connectivity index is 2.49. The second kappa shape index (κ2) is 7.15. The summed E-state index contributed by atoms with van der Waals surface area (Å²) in [6, 6.07) is 0. The molecule has 0 saturated heterocycles. The SMILES string of the molecule is CCCCN(CC)CC1C(=O)CC(C)CC1C. The first-order valence-electron chi connectivity index (χ1n) is 7.33. The summed E-state index contributed by atoms with van der Waals surface area (Å²) in [7, 11) is 0. The molecule has 0 aromatic heterocycles. The summed E-state index contributed by atoms with van der Waals surface area (Å²) in [6.45, 7) is 12.1. The van der Waals surface area contributed by atoms with Gasteiger partial charge in [-0.3, -0.25) is 4.79 Å². The quantitative estimate of drug-likeness (QED) is 0.708. The molecule has 1 aliphatic rings. The molecule has 3 atom stereocenters. The van der Waals surface area contributed by atoms with Crippen molar-refractivity contribution in [3.05, 3.63) is 0 Å². The average molecular weight is 239 g/mol. The Morgan fingerprint density at radius 3 is 2.53 bits per heavy atom. The lowest BCUT2D eigenvalue weighted by molar-refractivity contribution is -0.128. The van der Waals surface area contributed by atoms with Crippen LogP contribution in [-0.4, -0.2) is 30.3 Å².